The lowest BCUT2D eigenvalue weighted by molar-refractivity contribution is -0.120. The van der Waals surface area contributed by atoms with E-state index >= 15 is 0 Å². The Bertz CT molecular complexity index is 760. The SMILES string of the molecule is Cc1ccccc1-n1c(C)cc(C(=O)NCC(=O)NC(C)C)c1C. The molecule has 2 N–H and O–H groups in total. The van der Waals surface area contributed by atoms with E-state index in [0.29, 0.717) is 5.56 Å². The van der Waals surface area contributed by atoms with Gasteiger partial charge in [0, 0.05) is 23.1 Å². The number of amides is 2. The molecule has 5 heteroatoms. The van der Waals surface area contributed by atoms with Crippen LogP contribution in [-0.4, -0.2) is 29.0 Å². The van der Waals surface area contributed by atoms with Crippen LogP contribution < -0.4 is 10.6 Å². The normalized spacial score (nSPS) is 10.8. The summed E-state index contributed by atoms with van der Waals surface area (Å²) in [6.45, 7) is 9.69. The van der Waals surface area contributed by atoms with Gasteiger partial charge in [0.05, 0.1) is 12.1 Å². The number of nitrogens with zero attached hydrogens (tertiary/aromatic N) is 1. The number of hydrogen-bond donors (Lipinski definition) is 2. The van der Waals surface area contributed by atoms with E-state index in [2.05, 4.69) is 15.2 Å². The van der Waals surface area contributed by atoms with E-state index in [0.717, 1.165) is 22.6 Å². The monoisotopic (exact) mass is 327 g/mol. The van der Waals surface area contributed by atoms with Crippen LogP contribution in [0.4, 0.5) is 0 Å². The van der Waals surface area contributed by atoms with Crippen LogP contribution in [0.3, 0.4) is 0 Å². The molecule has 1 aromatic heterocycles. The molecular weight excluding hydrogens is 302 g/mol. The fraction of sp³-hybridized carbons (Fsp3) is 0.368. The topological polar surface area (TPSA) is 63.1 Å². The standard InChI is InChI=1S/C19H25N3O2/c1-12(2)21-18(23)11-20-19(24)16-10-14(4)22(15(16)5)17-9-7-6-8-13(17)3/h6-10,12H,11H2,1-5H3,(H,20,24)(H,21,23). The Labute approximate surface area is 143 Å². The van der Waals surface area contributed by atoms with Crippen molar-refractivity contribution in [2.24, 2.45) is 0 Å². The van der Waals surface area contributed by atoms with Gasteiger partial charge in [-0.25, -0.2) is 0 Å². The molecule has 2 rings (SSSR count). The molecule has 0 bridgehead atoms. The molecule has 0 unspecified atom stereocenters. The Balaban J connectivity index is 2.21. The maximum atomic E-state index is 12.4. The van der Waals surface area contributed by atoms with Crippen LogP contribution in [-0.2, 0) is 4.79 Å². The summed E-state index contributed by atoms with van der Waals surface area (Å²) in [6, 6.07) is 9.97. The molecule has 0 saturated heterocycles. The van der Waals surface area contributed by atoms with E-state index in [1.54, 1.807) is 0 Å². The van der Waals surface area contributed by atoms with Crippen LogP contribution in [0.25, 0.3) is 5.69 Å². The molecule has 128 valence electrons. The highest BCUT2D eigenvalue weighted by atomic mass is 16.2. The van der Waals surface area contributed by atoms with Crippen LogP contribution >= 0.6 is 0 Å². The van der Waals surface area contributed by atoms with Gasteiger partial charge in [0.15, 0.2) is 0 Å². The summed E-state index contributed by atoms with van der Waals surface area (Å²) in [7, 11) is 0. The van der Waals surface area contributed by atoms with Crippen molar-refractivity contribution in [1.82, 2.24) is 15.2 Å². The van der Waals surface area contributed by atoms with E-state index in [1.807, 2.05) is 65.0 Å². The second-order valence-electron chi connectivity index (χ2n) is 6.31. The molecule has 0 fully saturated rings. The summed E-state index contributed by atoms with van der Waals surface area (Å²) in [6.07, 6.45) is 0. The van der Waals surface area contributed by atoms with Crippen LogP contribution in [0.1, 0.15) is 41.2 Å². The zero-order valence-electron chi connectivity index (χ0n) is 14.9. The smallest absolute Gasteiger partial charge is 0.253 e. The number of hydrogen-bond acceptors (Lipinski definition) is 2. The van der Waals surface area contributed by atoms with E-state index in [1.165, 1.54) is 0 Å². The first kappa shape index (κ1) is 17.8. The Kier molecular flexibility index (Phi) is 5.44. The van der Waals surface area contributed by atoms with Crippen LogP contribution in [0.15, 0.2) is 30.3 Å². The Morgan fingerprint density at radius 1 is 1.12 bits per heavy atom. The second-order valence-corrected chi connectivity index (χ2v) is 6.31. The lowest BCUT2D eigenvalue weighted by atomic mass is 10.2. The van der Waals surface area contributed by atoms with Crippen molar-refractivity contribution in [1.29, 1.82) is 0 Å². The Morgan fingerprint density at radius 3 is 2.42 bits per heavy atom. The predicted molar refractivity (Wildman–Crippen MR) is 95.6 cm³/mol. The lowest BCUT2D eigenvalue weighted by Gasteiger charge is -2.13. The lowest BCUT2D eigenvalue weighted by Crippen LogP contribution is -2.39. The summed E-state index contributed by atoms with van der Waals surface area (Å²) < 4.78 is 2.07. The van der Waals surface area contributed by atoms with E-state index < -0.39 is 0 Å². The number of nitrogens with one attached hydrogen (secondary N) is 2. The number of benzene rings is 1. The van der Waals surface area contributed by atoms with Gasteiger partial charge < -0.3 is 15.2 Å². The highest BCUT2D eigenvalue weighted by molar-refractivity contribution is 5.98. The Hall–Kier alpha value is -2.56. The number of carbonyl (C=O) groups is 2. The van der Waals surface area contributed by atoms with Crippen molar-refractivity contribution in [2.45, 2.75) is 40.7 Å². The van der Waals surface area contributed by atoms with E-state index in [9.17, 15) is 9.59 Å². The minimum Gasteiger partial charge on any atom is -0.352 e. The van der Waals surface area contributed by atoms with Gasteiger partial charge in [0.25, 0.3) is 5.91 Å². The van der Waals surface area contributed by atoms with Gasteiger partial charge in [-0.3, -0.25) is 9.59 Å². The first-order chi connectivity index (χ1) is 11.3. The largest absolute Gasteiger partial charge is 0.352 e. The second kappa shape index (κ2) is 7.34. The fourth-order valence-corrected chi connectivity index (χ4v) is 2.81. The molecule has 0 saturated carbocycles. The minimum atomic E-state index is -0.234. The molecule has 24 heavy (non-hydrogen) atoms. The molecule has 0 atom stereocenters. The maximum absolute atomic E-state index is 12.4. The summed E-state index contributed by atoms with van der Waals surface area (Å²) in [5.41, 5.74) is 4.64. The number of carbonyl (C=O) groups excluding carboxylic acids is 2. The predicted octanol–water partition coefficient (Wildman–Crippen LogP) is 2.66. The highest BCUT2D eigenvalue weighted by Gasteiger charge is 2.18. The molecule has 1 aromatic carbocycles. The van der Waals surface area contributed by atoms with Gasteiger partial charge in [-0.05, 0) is 52.3 Å². The Morgan fingerprint density at radius 2 is 1.79 bits per heavy atom. The van der Waals surface area contributed by atoms with Crippen molar-refractivity contribution in [3.05, 3.63) is 52.8 Å². The molecule has 0 aliphatic heterocycles. The van der Waals surface area contributed by atoms with Crippen molar-refractivity contribution in [3.8, 4) is 5.69 Å². The molecule has 0 aliphatic carbocycles. The van der Waals surface area contributed by atoms with E-state index in [-0.39, 0.29) is 24.4 Å². The molecule has 2 amide bonds. The third-order valence-corrected chi connectivity index (χ3v) is 3.89. The third-order valence-electron chi connectivity index (χ3n) is 3.89. The fourth-order valence-electron chi connectivity index (χ4n) is 2.81. The molecule has 0 radical (unpaired) electrons. The van der Waals surface area contributed by atoms with Gasteiger partial charge in [-0.2, -0.15) is 0 Å². The zero-order chi connectivity index (χ0) is 17.9. The summed E-state index contributed by atoms with van der Waals surface area (Å²) in [5, 5.41) is 5.44. The average molecular weight is 327 g/mol. The zero-order valence-corrected chi connectivity index (χ0v) is 14.9. The number of para-hydroxylation sites is 1. The molecule has 0 spiro atoms. The quantitative estimate of drug-likeness (QED) is 0.887. The van der Waals surface area contributed by atoms with Crippen LogP contribution in [0, 0.1) is 20.8 Å². The van der Waals surface area contributed by atoms with Gasteiger partial charge in [-0.15, -0.1) is 0 Å². The van der Waals surface area contributed by atoms with Gasteiger partial charge in [-0.1, -0.05) is 18.2 Å². The average Bonchev–Trinajstić information content (AvgIpc) is 2.80. The summed E-state index contributed by atoms with van der Waals surface area (Å²) in [5.74, 6) is -0.423. The van der Waals surface area contributed by atoms with Gasteiger partial charge in [0.2, 0.25) is 5.91 Å². The maximum Gasteiger partial charge on any atom is 0.253 e. The van der Waals surface area contributed by atoms with Crippen molar-refractivity contribution >= 4 is 11.8 Å². The van der Waals surface area contributed by atoms with Crippen LogP contribution in [0.2, 0.25) is 0 Å². The first-order valence-corrected chi connectivity index (χ1v) is 8.13. The number of rotatable bonds is 5. The van der Waals surface area contributed by atoms with Gasteiger partial charge in [0.1, 0.15) is 0 Å². The van der Waals surface area contributed by atoms with Crippen molar-refractivity contribution in [2.75, 3.05) is 6.54 Å². The summed E-state index contributed by atoms with van der Waals surface area (Å²) >= 11 is 0. The third kappa shape index (κ3) is 3.85. The molecular formula is C19H25N3O2. The highest BCUT2D eigenvalue weighted by Crippen LogP contribution is 2.23. The molecule has 5 nitrogen and oxygen atoms in total. The summed E-state index contributed by atoms with van der Waals surface area (Å²) in [4.78, 5) is 24.1. The first-order valence-electron chi connectivity index (χ1n) is 8.13. The van der Waals surface area contributed by atoms with E-state index in [4.69, 9.17) is 0 Å². The van der Waals surface area contributed by atoms with Crippen molar-refractivity contribution < 1.29 is 9.59 Å². The van der Waals surface area contributed by atoms with Gasteiger partial charge >= 0.3 is 0 Å². The molecule has 1 heterocycles. The number of aryl methyl sites for hydroxylation is 2. The van der Waals surface area contributed by atoms with Crippen molar-refractivity contribution in [3.63, 3.8) is 0 Å². The molecule has 0 aliphatic rings. The molecule has 2 aromatic rings. The van der Waals surface area contributed by atoms with Crippen LogP contribution in [0.5, 0.6) is 0 Å². The minimum absolute atomic E-state index is 0.0228. The number of aromatic nitrogens is 1.